The lowest BCUT2D eigenvalue weighted by atomic mass is 10.1. The summed E-state index contributed by atoms with van der Waals surface area (Å²) in [6.45, 7) is 4.98. The molecule has 152 valence electrons. The molecule has 3 aliphatic rings. The summed E-state index contributed by atoms with van der Waals surface area (Å²) in [7, 11) is 1.64. The van der Waals surface area contributed by atoms with Crippen molar-refractivity contribution in [3.63, 3.8) is 0 Å². The van der Waals surface area contributed by atoms with Gasteiger partial charge in [0.25, 0.3) is 0 Å². The molecular weight excluding hydrogens is 354 g/mol. The second-order valence-corrected chi connectivity index (χ2v) is 8.29. The van der Waals surface area contributed by atoms with E-state index in [1.807, 2.05) is 29.2 Å². The number of benzene rings is 1. The maximum atomic E-state index is 12.8. The van der Waals surface area contributed by atoms with Gasteiger partial charge in [0.1, 0.15) is 5.75 Å². The Morgan fingerprint density at radius 2 is 1.89 bits per heavy atom. The number of likely N-dealkylation sites (tertiary alicyclic amines) is 1. The first-order valence-electron chi connectivity index (χ1n) is 10.6. The molecule has 0 aromatic heterocycles. The molecule has 0 radical (unpaired) electrons. The predicted molar refractivity (Wildman–Crippen MR) is 107 cm³/mol. The topological polar surface area (TPSA) is 53.1 Å². The standard InChI is InChI=1S/C22H31N3O3/c1-28-20-6-3-2-5-18(20)15-21(26)24-11-4-10-23(13-14-24)19-9-12-25(22(19)27)16-17-7-8-17/h2-3,5-6,17,19H,4,7-16H2,1H3/t19-/m1/s1. The van der Waals surface area contributed by atoms with Crippen LogP contribution in [-0.4, -0.2) is 78.9 Å². The Morgan fingerprint density at radius 3 is 2.68 bits per heavy atom. The van der Waals surface area contributed by atoms with Gasteiger partial charge in [0.05, 0.1) is 19.6 Å². The molecule has 1 aliphatic carbocycles. The number of hydrogen-bond donors (Lipinski definition) is 0. The molecule has 1 saturated carbocycles. The van der Waals surface area contributed by atoms with Crippen molar-refractivity contribution in [3.8, 4) is 5.75 Å². The number of para-hydroxylation sites is 1. The number of nitrogens with zero attached hydrogens (tertiary/aromatic N) is 3. The van der Waals surface area contributed by atoms with Crippen LogP contribution in [0.5, 0.6) is 5.75 Å². The number of hydrogen-bond acceptors (Lipinski definition) is 4. The van der Waals surface area contributed by atoms with Gasteiger partial charge >= 0.3 is 0 Å². The van der Waals surface area contributed by atoms with E-state index in [0.717, 1.165) is 62.8 Å². The normalized spacial score (nSPS) is 23.8. The Labute approximate surface area is 167 Å². The number of carbonyl (C=O) groups is 2. The minimum absolute atomic E-state index is 0.0167. The Kier molecular flexibility index (Phi) is 5.85. The fourth-order valence-electron chi connectivity index (χ4n) is 4.48. The molecule has 28 heavy (non-hydrogen) atoms. The van der Waals surface area contributed by atoms with E-state index >= 15 is 0 Å². The Hall–Kier alpha value is -2.08. The van der Waals surface area contributed by atoms with Crippen molar-refractivity contribution in [2.75, 3.05) is 46.4 Å². The lowest BCUT2D eigenvalue weighted by molar-refractivity contribution is -0.132. The molecule has 2 saturated heterocycles. The molecule has 2 heterocycles. The van der Waals surface area contributed by atoms with Crippen LogP contribution < -0.4 is 4.74 Å². The summed E-state index contributed by atoms with van der Waals surface area (Å²) in [6.07, 6.45) is 4.77. The molecule has 4 rings (SSSR count). The van der Waals surface area contributed by atoms with E-state index in [2.05, 4.69) is 9.80 Å². The average molecular weight is 386 g/mol. The molecule has 3 fully saturated rings. The van der Waals surface area contributed by atoms with E-state index in [1.54, 1.807) is 7.11 Å². The lowest BCUT2D eigenvalue weighted by Crippen LogP contribution is -2.44. The second-order valence-electron chi connectivity index (χ2n) is 8.29. The number of methoxy groups -OCH3 is 1. The van der Waals surface area contributed by atoms with Gasteiger partial charge in [0.2, 0.25) is 11.8 Å². The van der Waals surface area contributed by atoms with Crippen LogP contribution in [0.15, 0.2) is 24.3 Å². The molecule has 0 N–H and O–H groups in total. The molecule has 0 bridgehead atoms. The molecule has 0 spiro atoms. The fraction of sp³-hybridized carbons (Fsp3) is 0.636. The zero-order valence-electron chi connectivity index (χ0n) is 16.8. The summed E-state index contributed by atoms with van der Waals surface area (Å²) >= 11 is 0. The van der Waals surface area contributed by atoms with Gasteiger partial charge in [-0.1, -0.05) is 18.2 Å². The molecular formula is C22H31N3O3. The van der Waals surface area contributed by atoms with Crippen molar-refractivity contribution in [2.24, 2.45) is 5.92 Å². The van der Waals surface area contributed by atoms with Crippen LogP contribution in [0, 0.1) is 5.92 Å². The quantitative estimate of drug-likeness (QED) is 0.749. The summed E-state index contributed by atoms with van der Waals surface area (Å²) in [5.74, 6) is 1.95. The molecule has 1 aromatic carbocycles. The zero-order chi connectivity index (χ0) is 19.5. The van der Waals surface area contributed by atoms with Gasteiger partial charge in [0.15, 0.2) is 0 Å². The highest BCUT2D eigenvalue weighted by atomic mass is 16.5. The van der Waals surface area contributed by atoms with Crippen molar-refractivity contribution < 1.29 is 14.3 Å². The van der Waals surface area contributed by atoms with Crippen LogP contribution in [-0.2, 0) is 16.0 Å². The van der Waals surface area contributed by atoms with Crippen molar-refractivity contribution >= 4 is 11.8 Å². The van der Waals surface area contributed by atoms with Gasteiger partial charge in [-0.3, -0.25) is 14.5 Å². The molecule has 2 aliphatic heterocycles. The third-order valence-corrected chi connectivity index (χ3v) is 6.30. The first kappa shape index (κ1) is 19.2. The van der Waals surface area contributed by atoms with Gasteiger partial charge in [-0.25, -0.2) is 0 Å². The largest absolute Gasteiger partial charge is 0.496 e. The van der Waals surface area contributed by atoms with E-state index in [-0.39, 0.29) is 11.9 Å². The van der Waals surface area contributed by atoms with Gasteiger partial charge in [-0.15, -0.1) is 0 Å². The summed E-state index contributed by atoms with van der Waals surface area (Å²) in [6, 6.07) is 7.72. The SMILES string of the molecule is COc1ccccc1CC(=O)N1CCCN([C@@H]2CCN(CC3CC3)C2=O)CC1. The van der Waals surface area contributed by atoms with E-state index in [4.69, 9.17) is 4.74 Å². The van der Waals surface area contributed by atoms with Crippen LogP contribution >= 0.6 is 0 Å². The van der Waals surface area contributed by atoms with Crippen LogP contribution in [0.25, 0.3) is 0 Å². The van der Waals surface area contributed by atoms with E-state index in [1.165, 1.54) is 12.8 Å². The summed E-state index contributed by atoms with van der Waals surface area (Å²) in [4.78, 5) is 32.0. The highest BCUT2D eigenvalue weighted by molar-refractivity contribution is 5.84. The lowest BCUT2D eigenvalue weighted by Gasteiger charge is -2.26. The Balaban J connectivity index is 1.32. The van der Waals surface area contributed by atoms with E-state index < -0.39 is 0 Å². The smallest absolute Gasteiger partial charge is 0.240 e. The Bertz CT molecular complexity index is 719. The van der Waals surface area contributed by atoms with Crippen LogP contribution in [0.1, 0.15) is 31.2 Å². The van der Waals surface area contributed by atoms with Crippen molar-refractivity contribution in [3.05, 3.63) is 29.8 Å². The third-order valence-electron chi connectivity index (χ3n) is 6.30. The first-order chi connectivity index (χ1) is 13.7. The van der Waals surface area contributed by atoms with Crippen molar-refractivity contribution in [1.82, 2.24) is 14.7 Å². The monoisotopic (exact) mass is 385 g/mol. The molecule has 1 atom stereocenters. The summed E-state index contributed by atoms with van der Waals surface area (Å²) in [5, 5.41) is 0. The van der Waals surface area contributed by atoms with Gasteiger partial charge in [0, 0.05) is 44.8 Å². The maximum absolute atomic E-state index is 12.8. The zero-order valence-corrected chi connectivity index (χ0v) is 16.8. The van der Waals surface area contributed by atoms with Gasteiger partial charge in [-0.05, 0) is 37.7 Å². The van der Waals surface area contributed by atoms with E-state index in [9.17, 15) is 9.59 Å². The van der Waals surface area contributed by atoms with Crippen LogP contribution in [0.3, 0.4) is 0 Å². The number of ether oxygens (including phenoxy) is 1. The van der Waals surface area contributed by atoms with E-state index in [0.29, 0.717) is 18.9 Å². The number of carbonyl (C=O) groups excluding carboxylic acids is 2. The van der Waals surface area contributed by atoms with Crippen molar-refractivity contribution in [1.29, 1.82) is 0 Å². The van der Waals surface area contributed by atoms with Gasteiger partial charge < -0.3 is 14.5 Å². The predicted octanol–water partition coefficient (Wildman–Crippen LogP) is 1.78. The minimum atomic E-state index is 0.0167. The molecule has 6 nitrogen and oxygen atoms in total. The number of rotatable bonds is 6. The highest BCUT2D eigenvalue weighted by Gasteiger charge is 2.38. The minimum Gasteiger partial charge on any atom is -0.496 e. The Morgan fingerprint density at radius 1 is 1.07 bits per heavy atom. The first-order valence-corrected chi connectivity index (χ1v) is 10.6. The second kappa shape index (κ2) is 8.52. The van der Waals surface area contributed by atoms with Crippen LogP contribution in [0.4, 0.5) is 0 Å². The van der Waals surface area contributed by atoms with Gasteiger partial charge in [-0.2, -0.15) is 0 Å². The van der Waals surface area contributed by atoms with Crippen molar-refractivity contribution in [2.45, 2.75) is 38.1 Å². The molecule has 6 heteroatoms. The summed E-state index contributed by atoms with van der Waals surface area (Å²) in [5.41, 5.74) is 0.929. The maximum Gasteiger partial charge on any atom is 0.240 e. The highest BCUT2D eigenvalue weighted by Crippen LogP contribution is 2.31. The molecule has 2 amide bonds. The third kappa shape index (κ3) is 4.32. The molecule has 0 unspecified atom stereocenters. The summed E-state index contributed by atoms with van der Waals surface area (Å²) < 4.78 is 5.38. The fourth-order valence-corrected chi connectivity index (χ4v) is 4.48. The number of amides is 2. The van der Waals surface area contributed by atoms with Crippen LogP contribution in [0.2, 0.25) is 0 Å². The molecule has 1 aromatic rings. The average Bonchev–Trinajstić information content (AvgIpc) is 3.49.